The first-order valence-electron chi connectivity index (χ1n) is 8.19. The Morgan fingerprint density at radius 1 is 0.731 bits per heavy atom. The maximum Gasteiger partial charge on any atom is 0.270 e. The Balaban J connectivity index is 1.73. The van der Waals surface area contributed by atoms with Gasteiger partial charge in [0, 0.05) is 0 Å². The average Bonchev–Trinajstić information content (AvgIpc) is 2.59. The van der Waals surface area contributed by atoms with E-state index < -0.39 is 0 Å². The molecule has 0 saturated heterocycles. The molecule has 0 fully saturated rings. The van der Waals surface area contributed by atoms with Gasteiger partial charge in [-0.25, -0.2) is 0 Å². The standard InChI is InChI=1S/C18H24N6O2/c19-13-9-11(17(21)22)3-5-15(13)25-7-1-2-8-26-16-6-4-12(18(23)24)10-14(16)20/h3-6,9-10H,1-2,7-8,19-20H2,(H3,21,22)(H3,23,24)/p+2. The number of hydrogen-bond donors (Lipinski definition) is 6. The SMILES string of the molecule is NC(=[NH2+])c1ccc(OCCCCOc2ccc(C(N)=[NH2+])cc2N)c(N)c1. The Kier molecular flexibility index (Phi) is 6.26. The quantitative estimate of drug-likeness (QED) is 0.131. The largest absolute Gasteiger partial charge is 0.491 e. The lowest BCUT2D eigenvalue weighted by Gasteiger charge is -2.11. The Morgan fingerprint density at radius 3 is 1.42 bits per heavy atom. The van der Waals surface area contributed by atoms with E-state index in [1.807, 2.05) is 0 Å². The summed E-state index contributed by atoms with van der Waals surface area (Å²) >= 11 is 0. The molecule has 0 bridgehead atoms. The summed E-state index contributed by atoms with van der Waals surface area (Å²) in [7, 11) is 0. The average molecular weight is 358 g/mol. The highest BCUT2D eigenvalue weighted by Gasteiger charge is 2.08. The molecule has 0 aliphatic heterocycles. The first-order chi connectivity index (χ1) is 12.4. The zero-order chi connectivity index (χ0) is 19.1. The highest BCUT2D eigenvalue weighted by atomic mass is 16.5. The highest BCUT2D eigenvalue weighted by molar-refractivity contribution is 5.94. The van der Waals surface area contributed by atoms with Crippen molar-refractivity contribution < 1.29 is 20.3 Å². The van der Waals surface area contributed by atoms with Crippen LogP contribution in [0.15, 0.2) is 36.4 Å². The predicted molar refractivity (Wildman–Crippen MR) is 102 cm³/mol. The van der Waals surface area contributed by atoms with Gasteiger partial charge in [-0.3, -0.25) is 22.3 Å². The van der Waals surface area contributed by atoms with E-state index >= 15 is 0 Å². The van der Waals surface area contributed by atoms with E-state index in [1.165, 1.54) is 0 Å². The minimum atomic E-state index is 0.222. The van der Waals surface area contributed by atoms with Crippen molar-refractivity contribution in [3.63, 3.8) is 0 Å². The number of ether oxygens (including phenoxy) is 2. The molecule has 0 heterocycles. The second-order valence-corrected chi connectivity index (χ2v) is 5.82. The number of nitrogen functional groups attached to an aromatic ring is 2. The molecule has 2 aromatic carbocycles. The van der Waals surface area contributed by atoms with Crippen LogP contribution in [0.1, 0.15) is 24.0 Å². The molecule has 12 N–H and O–H groups in total. The number of rotatable bonds is 9. The van der Waals surface area contributed by atoms with Crippen LogP contribution in [0.3, 0.4) is 0 Å². The molecule has 0 radical (unpaired) electrons. The molecule has 0 unspecified atom stereocenters. The first kappa shape index (κ1) is 18.9. The zero-order valence-electron chi connectivity index (χ0n) is 14.6. The summed E-state index contributed by atoms with van der Waals surface area (Å²) in [5.74, 6) is 1.65. The van der Waals surface area contributed by atoms with Crippen LogP contribution >= 0.6 is 0 Å². The van der Waals surface area contributed by atoms with Crippen LogP contribution in [-0.2, 0) is 0 Å². The van der Waals surface area contributed by atoms with Crippen molar-refractivity contribution in [3.8, 4) is 11.5 Å². The maximum atomic E-state index is 5.92. The number of benzene rings is 2. The first-order valence-corrected chi connectivity index (χ1v) is 8.19. The van der Waals surface area contributed by atoms with Crippen molar-refractivity contribution >= 4 is 23.0 Å². The molecule has 0 amide bonds. The summed E-state index contributed by atoms with van der Waals surface area (Å²) in [6.07, 6.45) is 1.60. The van der Waals surface area contributed by atoms with Crippen LogP contribution in [0.5, 0.6) is 11.5 Å². The van der Waals surface area contributed by atoms with Crippen molar-refractivity contribution in [2.24, 2.45) is 11.5 Å². The van der Waals surface area contributed by atoms with E-state index in [0.29, 0.717) is 47.2 Å². The van der Waals surface area contributed by atoms with Crippen LogP contribution in [-0.4, -0.2) is 24.9 Å². The summed E-state index contributed by atoms with van der Waals surface area (Å²) in [6.45, 7) is 1.03. The van der Waals surface area contributed by atoms with Crippen LogP contribution in [0.2, 0.25) is 0 Å². The summed E-state index contributed by atoms with van der Waals surface area (Å²) < 4.78 is 11.3. The number of nitrogens with two attached hydrogens (primary N) is 6. The van der Waals surface area contributed by atoms with E-state index in [-0.39, 0.29) is 11.7 Å². The fraction of sp³-hybridized carbons (Fsp3) is 0.222. The fourth-order valence-electron chi connectivity index (χ4n) is 2.29. The summed E-state index contributed by atoms with van der Waals surface area (Å²) in [4.78, 5) is 0. The monoisotopic (exact) mass is 358 g/mol. The number of amidine groups is 2. The molecule has 138 valence electrons. The van der Waals surface area contributed by atoms with Gasteiger partial charge in [0.1, 0.15) is 11.5 Å². The maximum absolute atomic E-state index is 5.92. The van der Waals surface area contributed by atoms with Crippen LogP contribution < -0.4 is 43.2 Å². The minimum Gasteiger partial charge on any atom is -0.491 e. The van der Waals surface area contributed by atoms with Crippen molar-refractivity contribution in [2.75, 3.05) is 24.7 Å². The van der Waals surface area contributed by atoms with Gasteiger partial charge in [-0.05, 0) is 49.2 Å². The second kappa shape index (κ2) is 8.61. The molecule has 0 saturated carbocycles. The third-order valence-corrected chi connectivity index (χ3v) is 3.74. The third kappa shape index (κ3) is 5.04. The predicted octanol–water partition coefficient (Wildman–Crippen LogP) is -1.98. The lowest BCUT2D eigenvalue weighted by atomic mass is 10.1. The molecule has 0 atom stereocenters. The lowest BCUT2D eigenvalue weighted by molar-refractivity contribution is -0.115. The Labute approximate surface area is 152 Å². The van der Waals surface area contributed by atoms with Crippen LogP contribution in [0.4, 0.5) is 11.4 Å². The second-order valence-electron chi connectivity index (χ2n) is 5.82. The van der Waals surface area contributed by atoms with E-state index in [4.69, 9.17) is 43.2 Å². The van der Waals surface area contributed by atoms with Gasteiger partial charge in [-0.2, -0.15) is 0 Å². The zero-order valence-corrected chi connectivity index (χ0v) is 14.6. The van der Waals surface area contributed by atoms with Gasteiger partial charge < -0.3 is 20.9 Å². The van der Waals surface area contributed by atoms with E-state index in [1.54, 1.807) is 36.4 Å². The number of anilines is 2. The molecule has 0 spiro atoms. The van der Waals surface area contributed by atoms with E-state index in [2.05, 4.69) is 0 Å². The molecule has 2 aromatic rings. The van der Waals surface area contributed by atoms with Gasteiger partial charge in [-0.15, -0.1) is 0 Å². The number of unbranched alkanes of at least 4 members (excludes halogenated alkanes) is 1. The third-order valence-electron chi connectivity index (χ3n) is 3.74. The molecular formula is C18H26N6O2+2. The molecule has 26 heavy (non-hydrogen) atoms. The van der Waals surface area contributed by atoms with E-state index in [0.717, 1.165) is 12.8 Å². The summed E-state index contributed by atoms with van der Waals surface area (Å²) in [5.41, 5.74) is 25.3. The molecule has 2 rings (SSSR count). The van der Waals surface area contributed by atoms with Crippen LogP contribution in [0.25, 0.3) is 0 Å². The molecule has 8 heteroatoms. The van der Waals surface area contributed by atoms with Crippen molar-refractivity contribution in [1.82, 2.24) is 0 Å². The highest BCUT2D eigenvalue weighted by Crippen LogP contribution is 2.23. The summed E-state index contributed by atoms with van der Waals surface area (Å²) in [5, 5.41) is 11.1. The Hall–Kier alpha value is -3.42. The molecular weight excluding hydrogens is 332 g/mol. The van der Waals surface area contributed by atoms with Gasteiger partial charge in [0.2, 0.25) is 0 Å². The van der Waals surface area contributed by atoms with Crippen molar-refractivity contribution in [1.29, 1.82) is 0 Å². The van der Waals surface area contributed by atoms with E-state index in [9.17, 15) is 0 Å². The van der Waals surface area contributed by atoms with Crippen molar-refractivity contribution in [3.05, 3.63) is 47.5 Å². The summed E-state index contributed by atoms with van der Waals surface area (Å²) in [6, 6.07) is 10.4. The molecule has 0 aromatic heterocycles. The van der Waals surface area contributed by atoms with Gasteiger partial charge in [0.05, 0.1) is 35.7 Å². The Morgan fingerprint density at radius 2 is 1.12 bits per heavy atom. The topological polar surface area (TPSA) is 174 Å². The smallest absolute Gasteiger partial charge is 0.270 e. The minimum absolute atomic E-state index is 0.222. The molecule has 0 aliphatic carbocycles. The number of hydrogen-bond acceptors (Lipinski definition) is 4. The van der Waals surface area contributed by atoms with Gasteiger partial charge >= 0.3 is 0 Å². The van der Waals surface area contributed by atoms with Gasteiger partial charge in [0.15, 0.2) is 0 Å². The molecule has 0 aliphatic rings. The Bertz CT molecular complexity index is 739. The normalized spacial score (nSPS) is 10.3. The fourth-order valence-corrected chi connectivity index (χ4v) is 2.29. The van der Waals surface area contributed by atoms with Crippen molar-refractivity contribution in [2.45, 2.75) is 12.8 Å². The van der Waals surface area contributed by atoms with Gasteiger partial charge in [0.25, 0.3) is 11.7 Å². The van der Waals surface area contributed by atoms with Crippen LogP contribution in [0, 0.1) is 0 Å². The molecule has 8 nitrogen and oxygen atoms in total. The van der Waals surface area contributed by atoms with Gasteiger partial charge in [-0.1, -0.05) is 0 Å². The lowest BCUT2D eigenvalue weighted by Crippen LogP contribution is -2.46.